The summed E-state index contributed by atoms with van der Waals surface area (Å²) in [6, 6.07) is 8.17. The van der Waals surface area contributed by atoms with Gasteiger partial charge in [0.1, 0.15) is 54.9 Å². The Morgan fingerprint density at radius 1 is 0.823 bits per heavy atom. The van der Waals surface area contributed by atoms with E-state index in [1.165, 1.54) is 38.2 Å². The minimum Gasteiger partial charge on any atom is -0.399 e. The Morgan fingerprint density at radius 2 is 1.32 bits per heavy atom. The highest BCUT2D eigenvalue weighted by Gasteiger charge is 2.61. The quantitative estimate of drug-likeness (QED) is 0.0327. The first-order valence-corrected chi connectivity index (χ1v) is 20.9. The van der Waals surface area contributed by atoms with Gasteiger partial charge in [-0.3, -0.25) is 19.3 Å². The molecule has 5 rings (SSSR count). The van der Waals surface area contributed by atoms with Crippen molar-refractivity contribution in [3.05, 3.63) is 48.5 Å². The van der Waals surface area contributed by atoms with Crippen LogP contribution in [0.4, 0.5) is 11.4 Å². The van der Waals surface area contributed by atoms with Crippen molar-refractivity contribution < 1.29 is 85.4 Å². The number of rotatable bonds is 11. The van der Waals surface area contributed by atoms with Crippen LogP contribution in [0.5, 0.6) is 0 Å². The first-order valence-electron chi connectivity index (χ1n) is 18.1. The van der Waals surface area contributed by atoms with Gasteiger partial charge in [0.15, 0.2) is 36.4 Å². The maximum Gasteiger partial charge on any atom is 0.394 e. The predicted molar refractivity (Wildman–Crippen MR) is 213 cm³/mol. The van der Waals surface area contributed by atoms with Crippen LogP contribution in [-0.4, -0.2) is 185 Å². The number of benzene rings is 2. The topological polar surface area (TPSA) is 495 Å². The van der Waals surface area contributed by atoms with E-state index in [0.29, 0.717) is 11.4 Å². The van der Waals surface area contributed by atoms with E-state index in [4.69, 9.17) is 70.5 Å². The van der Waals surface area contributed by atoms with Crippen LogP contribution in [0.25, 0.3) is 0 Å². The van der Waals surface area contributed by atoms with Gasteiger partial charge in [-0.25, -0.2) is 13.4 Å². The molecule has 350 valence electrons. The third-order valence-electron chi connectivity index (χ3n) is 9.78. The van der Waals surface area contributed by atoms with E-state index in [1.807, 2.05) is 0 Å². The number of hydrogen-bond donors (Lipinski definition) is 17. The molecule has 0 spiro atoms. The van der Waals surface area contributed by atoms with Gasteiger partial charge in [0.2, 0.25) is 9.84 Å². The summed E-state index contributed by atoms with van der Waals surface area (Å²) < 4.78 is 78.9. The molecular weight excluding hydrogens is 875 g/mol. The predicted octanol–water partition coefficient (Wildman–Crippen LogP) is -6.92. The van der Waals surface area contributed by atoms with Gasteiger partial charge in [0, 0.05) is 11.4 Å². The number of ether oxygens (including phenoxy) is 4. The number of anilines is 2. The van der Waals surface area contributed by atoms with Crippen LogP contribution in [-0.2, 0) is 44.0 Å². The van der Waals surface area contributed by atoms with Crippen LogP contribution in [0.15, 0.2) is 63.3 Å². The van der Waals surface area contributed by atoms with E-state index < -0.39 is 130 Å². The van der Waals surface area contributed by atoms with Crippen molar-refractivity contribution >= 4 is 49.8 Å². The number of aliphatic hydroxyl groups excluding tert-OH is 6. The van der Waals surface area contributed by atoms with Gasteiger partial charge in [-0.1, -0.05) is 0 Å². The molecule has 3 fully saturated rings. The maximum atomic E-state index is 12.2. The number of likely N-dealkylation sites (N-methyl/N-ethyl adjacent to an activating group) is 1. The van der Waals surface area contributed by atoms with E-state index in [2.05, 4.69) is 15.6 Å². The number of aliphatic hydroxyl groups is 7. The van der Waals surface area contributed by atoms with Crippen molar-refractivity contribution in [1.82, 2.24) is 10.6 Å². The SMILES string of the molecule is CN[C@@H]1[C@H](O[C@H]2[C@H](O[C@H]3[C@H](O)[C@@H](O)[C@H](N=C(N)N)[C@@H](O)[C@@H]3NC(=N)N)O[C@@H](C)[C@]2(O)C=O)O[C@@H](CO)[C@H](O)[C@H]1O.Nc1ccc(S(=O)(=O)c2ccc(N)cc2)cc1.O=S(=O)(O)O. The van der Waals surface area contributed by atoms with Crippen molar-refractivity contribution in [2.24, 2.45) is 22.2 Å². The van der Waals surface area contributed by atoms with Gasteiger partial charge in [0.05, 0.1) is 34.6 Å². The summed E-state index contributed by atoms with van der Waals surface area (Å²) in [5.41, 5.74) is 25.9. The van der Waals surface area contributed by atoms with Crippen LogP contribution < -0.4 is 39.3 Å². The van der Waals surface area contributed by atoms with Crippen LogP contribution in [0.3, 0.4) is 0 Å². The molecule has 62 heavy (non-hydrogen) atoms. The molecule has 2 aliphatic heterocycles. The van der Waals surface area contributed by atoms with E-state index >= 15 is 0 Å². The molecule has 0 amide bonds. The molecule has 2 aromatic carbocycles. The Balaban J connectivity index is 0.000000381. The minimum absolute atomic E-state index is 0.138. The molecular formula is C33H53N9O18S2. The van der Waals surface area contributed by atoms with E-state index in [0.717, 1.165) is 0 Å². The smallest absolute Gasteiger partial charge is 0.394 e. The zero-order chi connectivity index (χ0) is 47.1. The standard InChI is InChI=1S/C21H39N7O12.C12H12N2O2S.H2O4S/c1-5-21(36,4-30)16(40-17-9(26-2)13(34)10(31)6(3-29)38-17)18(37-5)39-15-8(28-20(24)25)11(32)7(27-19(22)23)12(33)14(15)35;13-9-1-5-11(6-2-9)17(15,16)12-7-3-10(14)4-8-12;1-5(2,3)4/h4-18,26,29,31-36H,3H2,1-2H3,(H4,22,23,27)(H4,24,25,28);1-8H,13-14H2;(H2,1,2,3,4)/t5-,6-,7+,8-,9-,10-,11+,12-,13-,14+,15+,16-,17-,18-,21+;;/m0../s1. The number of nitrogens with zero attached hydrogens (tertiary/aromatic N) is 1. The molecule has 2 saturated heterocycles. The van der Waals surface area contributed by atoms with Gasteiger partial charge >= 0.3 is 10.4 Å². The fraction of sp³-hybridized carbons (Fsp3) is 0.545. The fourth-order valence-electron chi connectivity index (χ4n) is 6.56. The van der Waals surface area contributed by atoms with Crippen molar-refractivity contribution in [2.75, 3.05) is 25.1 Å². The van der Waals surface area contributed by atoms with Crippen molar-refractivity contribution in [2.45, 2.75) is 108 Å². The number of nitrogens with two attached hydrogens (primary N) is 5. The molecule has 29 heteroatoms. The zero-order valence-electron chi connectivity index (χ0n) is 32.8. The van der Waals surface area contributed by atoms with Crippen molar-refractivity contribution in [3.8, 4) is 0 Å². The van der Waals surface area contributed by atoms with E-state index in [1.54, 1.807) is 24.3 Å². The van der Waals surface area contributed by atoms with Gasteiger partial charge in [-0.05, 0) is 62.5 Å². The van der Waals surface area contributed by atoms with Crippen molar-refractivity contribution in [1.29, 1.82) is 5.41 Å². The average Bonchev–Trinajstić information content (AvgIpc) is 3.42. The molecule has 0 bridgehead atoms. The fourth-order valence-corrected chi connectivity index (χ4v) is 7.82. The lowest BCUT2D eigenvalue weighted by Gasteiger charge is -2.46. The molecule has 3 aliphatic rings. The highest BCUT2D eigenvalue weighted by Crippen LogP contribution is 2.38. The second kappa shape index (κ2) is 21.3. The number of nitrogens with one attached hydrogen (secondary N) is 3. The number of carbonyl (C=O) groups is 1. The Morgan fingerprint density at radius 3 is 1.74 bits per heavy atom. The zero-order valence-corrected chi connectivity index (χ0v) is 34.5. The molecule has 1 saturated carbocycles. The Hall–Kier alpha value is -4.41. The average molecular weight is 928 g/mol. The molecule has 27 nitrogen and oxygen atoms in total. The summed E-state index contributed by atoms with van der Waals surface area (Å²) in [4.78, 5) is 16.2. The number of guanidine groups is 2. The number of aldehydes is 1. The van der Waals surface area contributed by atoms with E-state index in [9.17, 15) is 49.0 Å². The number of aliphatic imine (C=N–C) groups is 1. The lowest BCUT2D eigenvalue weighted by atomic mass is 9.81. The molecule has 0 unspecified atom stereocenters. The van der Waals surface area contributed by atoms with Crippen LogP contribution in [0.1, 0.15) is 6.92 Å². The number of carbonyl (C=O) groups excluding carboxylic acids is 1. The minimum atomic E-state index is -4.67. The summed E-state index contributed by atoms with van der Waals surface area (Å²) in [7, 11) is -6.73. The Labute approximate surface area is 354 Å². The lowest BCUT2D eigenvalue weighted by molar-refractivity contribution is -0.314. The monoisotopic (exact) mass is 927 g/mol. The molecule has 0 aromatic heterocycles. The molecule has 0 radical (unpaired) electrons. The third kappa shape index (κ3) is 12.6. The number of sulfone groups is 1. The highest BCUT2D eigenvalue weighted by molar-refractivity contribution is 7.91. The molecule has 2 aromatic rings. The lowest BCUT2D eigenvalue weighted by Crippen LogP contribution is -2.70. The maximum absolute atomic E-state index is 12.2. The van der Waals surface area contributed by atoms with E-state index in [-0.39, 0.29) is 16.1 Å². The second-order valence-electron chi connectivity index (χ2n) is 14.0. The summed E-state index contributed by atoms with van der Waals surface area (Å²) >= 11 is 0. The largest absolute Gasteiger partial charge is 0.399 e. The van der Waals surface area contributed by atoms with Gasteiger partial charge in [-0.15, -0.1) is 0 Å². The van der Waals surface area contributed by atoms with Gasteiger partial charge in [-0.2, -0.15) is 8.42 Å². The van der Waals surface area contributed by atoms with Crippen molar-refractivity contribution in [3.63, 3.8) is 0 Å². The van der Waals surface area contributed by atoms with Gasteiger partial charge in [0.25, 0.3) is 0 Å². The summed E-state index contributed by atoms with van der Waals surface area (Å²) in [6.45, 7) is 0.616. The Bertz CT molecular complexity index is 1990. The molecule has 1 aliphatic carbocycles. The summed E-state index contributed by atoms with van der Waals surface area (Å²) in [5, 5.41) is 86.6. The molecule has 22 N–H and O–H groups in total. The number of nitrogen functional groups attached to an aromatic ring is 2. The highest BCUT2D eigenvalue weighted by atomic mass is 32.3. The van der Waals surface area contributed by atoms with Crippen LogP contribution >= 0.6 is 0 Å². The second-order valence-corrected chi connectivity index (χ2v) is 16.9. The normalized spacial score (nSPS) is 34.6. The molecule has 2 heterocycles. The first kappa shape index (κ1) is 51.9. The van der Waals surface area contributed by atoms with Gasteiger partial charge < -0.3 is 94.0 Å². The first-order chi connectivity index (χ1) is 28.7. The summed E-state index contributed by atoms with van der Waals surface area (Å²) in [5.74, 6) is -1.16. The molecule has 15 atom stereocenters. The summed E-state index contributed by atoms with van der Waals surface area (Å²) in [6.07, 6.45) is -17.3. The van der Waals surface area contributed by atoms with Crippen LogP contribution in [0.2, 0.25) is 0 Å². The van der Waals surface area contributed by atoms with Crippen LogP contribution in [0, 0.1) is 5.41 Å². The number of hydrogen-bond acceptors (Lipinski definition) is 21. The third-order valence-corrected chi connectivity index (χ3v) is 11.6. The Kier molecular flexibility index (Phi) is 17.9.